The van der Waals surface area contributed by atoms with Crippen LogP contribution >= 0.6 is 32.9 Å². The van der Waals surface area contributed by atoms with Gasteiger partial charge in [-0.05, 0) is 66.9 Å². The molecule has 1 heterocycles. The first kappa shape index (κ1) is 30.7. The van der Waals surface area contributed by atoms with E-state index in [2.05, 4.69) is 21.2 Å². The number of hydrogen-bond acceptors (Lipinski definition) is 1. The van der Waals surface area contributed by atoms with Gasteiger partial charge in [-0.15, -0.1) is 17.0 Å². The Kier molecular flexibility index (Phi) is 8.54. The number of hydrogen-bond donors (Lipinski definition) is 1. The van der Waals surface area contributed by atoms with Gasteiger partial charge in [0.2, 0.25) is 0 Å². The monoisotopic (exact) mass is 667 g/mol. The lowest BCUT2D eigenvalue weighted by Crippen LogP contribution is -2.42. The number of benzene rings is 2. The zero-order chi connectivity index (χ0) is 26.6. The Labute approximate surface area is 215 Å². The summed E-state index contributed by atoms with van der Waals surface area (Å²) in [5.74, 6) is 0. The minimum absolute atomic E-state index is 0. The molecule has 0 amide bonds. The zero-order valence-corrected chi connectivity index (χ0v) is 20.8. The molecule has 0 saturated carbocycles. The van der Waals surface area contributed by atoms with Crippen molar-refractivity contribution in [1.29, 1.82) is 0 Å². The highest BCUT2D eigenvalue weighted by atomic mass is 79.9. The fourth-order valence-corrected chi connectivity index (χ4v) is 4.77. The van der Waals surface area contributed by atoms with Crippen LogP contribution in [0.4, 0.5) is 52.7 Å². The normalized spacial score (nSPS) is 17.8. The summed E-state index contributed by atoms with van der Waals surface area (Å²) in [7, 11) is 0. The largest absolute Gasteiger partial charge is 0.416 e. The molecule has 1 nitrogen and oxygen atoms in total. The van der Waals surface area contributed by atoms with Crippen LogP contribution < -0.4 is 5.32 Å². The predicted octanol–water partition coefficient (Wildman–Crippen LogP) is 8.73. The molecule has 1 aliphatic heterocycles. The number of nitrogens with one attached hydrogen (secondary N) is 1. The van der Waals surface area contributed by atoms with E-state index < -0.39 is 68.5 Å². The third-order valence-corrected chi connectivity index (χ3v) is 7.02. The highest BCUT2D eigenvalue weighted by Gasteiger charge is 2.47. The van der Waals surface area contributed by atoms with Crippen LogP contribution in [0, 0.1) is 0 Å². The van der Waals surface area contributed by atoms with Crippen LogP contribution in [0.15, 0.2) is 36.4 Å². The molecule has 0 aliphatic carbocycles. The van der Waals surface area contributed by atoms with E-state index in [0.717, 1.165) is 0 Å². The van der Waals surface area contributed by atoms with Crippen molar-refractivity contribution < 1.29 is 52.7 Å². The summed E-state index contributed by atoms with van der Waals surface area (Å²) in [6.45, 7) is 0.189. The molecule has 1 atom stereocenters. The summed E-state index contributed by atoms with van der Waals surface area (Å²) < 4.78 is 159. The van der Waals surface area contributed by atoms with Gasteiger partial charge in [0.05, 0.1) is 26.6 Å². The van der Waals surface area contributed by atoms with Gasteiger partial charge in [-0.2, -0.15) is 52.7 Å². The van der Waals surface area contributed by atoms with E-state index in [9.17, 15) is 52.7 Å². The van der Waals surface area contributed by atoms with Crippen molar-refractivity contribution in [3.63, 3.8) is 0 Å². The average Bonchev–Trinajstić information content (AvgIpc) is 3.25. The van der Waals surface area contributed by atoms with E-state index >= 15 is 0 Å². The van der Waals surface area contributed by atoms with E-state index in [1.807, 2.05) is 0 Å². The zero-order valence-electron chi connectivity index (χ0n) is 17.5. The fraction of sp³-hybridized carbons (Fsp3) is 0.429. The van der Waals surface area contributed by atoms with Gasteiger partial charge < -0.3 is 5.32 Å². The van der Waals surface area contributed by atoms with Crippen LogP contribution in [-0.2, 0) is 29.0 Å². The molecule has 2 aromatic rings. The third-order valence-electron chi connectivity index (χ3n) is 5.56. The molecule has 0 spiro atoms. The van der Waals surface area contributed by atoms with Crippen molar-refractivity contribution in [2.24, 2.45) is 0 Å². The lowest BCUT2D eigenvalue weighted by molar-refractivity contribution is -0.144. The molecule has 1 N–H and O–H groups in total. The summed E-state index contributed by atoms with van der Waals surface area (Å²) in [4.78, 5) is 0. The first-order valence-corrected chi connectivity index (χ1v) is 10.6. The van der Waals surface area contributed by atoms with Crippen LogP contribution in [-0.4, -0.2) is 12.6 Å². The molecular formula is C21H15Br2F12N. The van der Waals surface area contributed by atoms with Gasteiger partial charge >= 0.3 is 24.7 Å². The Morgan fingerprint density at radius 2 is 0.833 bits per heavy atom. The Morgan fingerprint density at radius 3 is 1.06 bits per heavy atom. The molecule has 36 heavy (non-hydrogen) atoms. The number of halogens is 14. The maximum atomic E-state index is 13.4. The van der Waals surface area contributed by atoms with Crippen molar-refractivity contribution in [1.82, 2.24) is 5.32 Å². The summed E-state index contributed by atoms with van der Waals surface area (Å²) >= 11 is 3.00. The molecule has 3 rings (SSSR count). The second kappa shape index (κ2) is 10.0. The van der Waals surface area contributed by atoms with Crippen LogP contribution in [0.1, 0.15) is 46.2 Å². The van der Waals surface area contributed by atoms with E-state index in [0.29, 0.717) is 6.42 Å². The molecule has 2 aromatic carbocycles. The standard InChI is InChI=1S/C21H14BrF12N.BrH/c22-17(16-2-1-3-35-16,10-4-12(18(23,24)25)8-13(5-10)19(26,27)28)11-6-14(20(29,30)31)9-15(7-11)21(32,33)34;/h4-9,16,35H,1-3H2;1H/t16-;/m0./s1. The van der Waals surface area contributed by atoms with Gasteiger partial charge in [0.1, 0.15) is 0 Å². The predicted molar refractivity (Wildman–Crippen MR) is 114 cm³/mol. The van der Waals surface area contributed by atoms with E-state index in [-0.39, 0.29) is 66.3 Å². The number of rotatable bonds is 3. The van der Waals surface area contributed by atoms with Crippen molar-refractivity contribution in [2.45, 2.75) is 47.9 Å². The van der Waals surface area contributed by atoms with Gasteiger partial charge in [0, 0.05) is 6.04 Å². The maximum Gasteiger partial charge on any atom is 0.416 e. The SMILES string of the molecule is Br.FC(F)(F)c1cc(C(F)(F)F)cc(C(Br)(c2cc(C(F)(F)F)cc(C(F)(F)F)c2)[C@@H]2CCCN2)c1. The molecule has 1 fully saturated rings. The molecule has 1 aliphatic rings. The summed E-state index contributed by atoms with van der Waals surface area (Å²) in [5.41, 5.74) is -8.63. The van der Waals surface area contributed by atoms with Crippen molar-refractivity contribution in [2.75, 3.05) is 6.54 Å². The molecule has 0 radical (unpaired) electrons. The molecule has 15 heteroatoms. The fourth-order valence-electron chi connectivity index (χ4n) is 3.92. The Morgan fingerprint density at radius 1 is 0.556 bits per heavy atom. The smallest absolute Gasteiger partial charge is 0.312 e. The van der Waals surface area contributed by atoms with Crippen molar-refractivity contribution in [3.8, 4) is 0 Å². The highest BCUT2D eigenvalue weighted by Crippen LogP contribution is 2.50. The van der Waals surface area contributed by atoms with Gasteiger partial charge in [-0.1, -0.05) is 15.9 Å². The lowest BCUT2D eigenvalue weighted by atomic mass is 9.81. The lowest BCUT2D eigenvalue weighted by Gasteiger charge is -2.36. The molecule has 202 valence electrons. The number of alkyl halides is 13. The quantitative estimate of drug-likeness (QED) is 0.255. The summed E-state index contributed by atoms with van der Waals surface area (Å²) in [5, 5.41) is 2.76. The van der Waals surface area contributed by atoms with Crippen molar-refractivity contribution >= 4 is 32.9 Å². The van der Waals surface area contributed by atoms with Crippen LogP contribution in [0.5, 0.6) is 0 Å². The van der Waals surface area contributed by atoms with Crippen LogP contribution in [0.25, 0.3) is 0 Å². The Hall–Kier alpha value is -1.48. The Balaban J connectivity index is 0.00000456. The van der Waals surface area contributed by atoms with E-state index in [4.69, 9.17) is 0 Å². The maximum absolute atomic E-state index is 13.4. The molecule has 1 saturated heterocycles. The first-order chi connectivity index (χ1) is 15.7. The molecule has 0 bridgehead atoms. The highest BCUT2D eigenvalue weighted by molar-refractivity contribution is 9.09. The Bertz CT molecular complexity index is 940. The minimum atomic E-state index is -5.28. The minimum Gasteiger partial charge on any atom is -0.312 e. The van der Waals surface area contributed by atoms with E-state index in [1.165, 1.54) is 0 Å². The molecule has 0 unspecified atom stereocenters. The van der Waals surface area contributed by atoms with E-state index in [1.54, 1.807) is 0 Å². The first-order valence-electron chi connectivity index (χ1n) is 9.76. The van der Waals surface area contributed by atoms with Crippen LogP contribution in [0.3, 0.4) is 0 Å². The van der Waals surface area contributed by atoms with Gasteiger partial charge in [-0.25, -0.2) is 0 Å². The topological polar surface area (TPSA) is 12.0 Å². The summed E-state index contributed by atoms with van der Waals surface area (Å²) in [6.07, 6.45) is -20.7. The van der Waals surface area contributed by atoms with Gasteiger partial charge in [0.15, 0.2) is 0 Å². The second-order valence-electron chi connectivity index (χ2n) is 7.95. The third kappa shape index (κ3) is 6.32. The van der Waals surface area contributed by atoms with Crippen LogP contribution in [0.2, 0.25) is 0 Å². The average molecular weight is 669 g/mol. The molecular weight excluding hydrogens is 654 g/mol. The molecule has 0 aromatic heterocycles. The van der Waals surface area contributed by atoms with Crippen molar-refractivity contribution in [3.05, 3.63) is 69.8 Å². The summed E-state index contributed by atoms with van der Waals surface area (Å²) in [6, 6.07) is -0.320. The van der Waals surface area contributed by atoms with Gasteiger partial charge in [-0.3, -0.25) is 0 Å². The van der Waals surface area contributed by atoms with Gasteiger partial charge in [0.25, 0.3) is 0 Å². The second-order valence-corrected chi connectivity index (χ2v) is 9.20.